The second kappa shape index (κ2) is 6.55. The Labute approximate surface area is 141 Å². The Kier molecular flexibility index (Phi) is 4.49. The van der Waals surface area contributed by atoms with E-state index in [1.807, 2.05) is 14.0 Å². The van der Waals surface area contributed by atoms with Gasteiger partial charge in [-0.05, 0) is 19.1 Å². The quantitative estimate of drug-likeness (QED) is 0.519. The van der Waals surface area contributed by atoms with Gasteiger partial charge < -0.3 is 9.09 Å². The maximum absolute atomic E-state index is 12.2. The summed E-state index contributed by atoms with van der Waals surface area (Å²) in [7, 11) is 1.82. The lowest BCUT2D eigenvalue weighted by atomic mass is 10.1. The molecule has 0 saturated carbocycles. The number of Topliss-reactive ketones (excluding diaryl/α,β-unsaturated/α-hetero) is 1. The fourth-order valence-corrected chi connectivity index (χ4v) is 3.07. The van der Waals surface area contributed by atoms with Crippen molar-refractivity contribution in [2.75, 3.05) is 5.75 Å². The third-order valence-corrected chi connectivity index (χ3v) is 4.55. The van der Waals surface area contributed by atoms with Crippen LogP contribution >= 0.6 is 23.4 Å². The lowest BCUT2D eigenvalue weighted by Crippen LogP contribution is -2.04. The van der Waals surface area contributed by atoms with Gasteiger partial charge in [-0.15, -0.1) is 10.2 Å². The van der Waals surface area contributed by atoms with Crippen LogP contribution in [0.1, 0.15) is 16.1 Å². The van der Waals surface area contributed by atoms with Crippen molar-refractivity contribution in [3.8, 4) is 11.5 Å². The number of thioether (sulfide) groups is 1. The van der Waals surface area contributed by atoms with Gasteiger partial charge in [0.15, 0.2) is 22.5 Å². The molecule has 3 rings (SSSR count). The number of nitrogens with zero attached hydrogens (tertiary/aromatic N) is 4. The Morgan fingerprint density at radius 3 is 2.83 bits per heavy atom. The largest absolute Gasteiger partial charge is 0.361 e. The van der Waals surface area contributed by atoms with Crippen LogP contribution in [0.2, 0.25) is 5.02 Å². The number of hydrogen-bond donors (Lipinski definition) is 0. The molecular formula is C15H13ClN4O2S. The number of rotatable bonds is 5. The van der Waals surface area contributed by atoms with Gasteiger partial charge in [-0.1, -0.05) is 40.7 Å². The predicted octanol–water partition coefficient (Wildman–Crippen LogP) is 3.41. The molecule has 0 saturated heterocycles. The fraction of sp³-hybridized carbons (Fsp3) is 0.200. The van der Waals surface area contributed by atoms with Gasteiger partial charge in [0.25, 0.3) is 0 Å². The van der Waals surface area contributed by atoms with E-state index in [-0.39, 0.29) is 11.5 Å². The molecule has 0 radical (unpaired) electrons. The SMILES string of the molecule is Cc1cc(-c2nnc(SCC(=O)c3ccccc3Cl)n2C)no1. The van der Waals surface area contributed by atoms with Gasteiger partial charge in [0.1, 0.15) is 5.76 Å². The van der Waals surface area contributed by atoms with E-state index in [2.05, 4.69) is 15.4 Å². The van der Waals surface area contributed by atoms with Crippen LogP contribution in [0.15, 0.2) is 40.0 Å². The van der Waals surface area contributed by atoms with E-state index in [1.165, 1.54) is 11.8 Å². The highest BCUT2D eigenvalue weighted by Gasteiger charge is 2.16. The van der Waals surface area contributed by atoms with Crippen LogP contribution in [0.5, 0.6) is 0 Å². The number of halogens is 1. The van der Waals surface area contributed by atoms with Crippen molar-refractivity contribution in [1.82, 2.24) is 19.9 Å². The lowest BCUT2D eigenvalue weighted by Gasteiger charge is -2.03. The number of carbonyl (C=O) groups is 1. The summed E-state index contributed by atoms with van der Waals surface area (Å²) in [6.45, 7) is 1.81. The van der Waals surface area contributed by atoms with Crippen LogP contribution in [-0.2, 0) is 7.05 Å². The third-order valence-electron chi connectivity index (χ3n) is 3.20. The molecule has 0 aliphatic heterocycles. The number of aromatic nitrogens is 4. The van der Waals surface area contributed by atoms with E-state index in [4.69, 9.17) is 16.1 Å². The van der Waals surface area contributed by atoms with Crippen molar-refractivity contribution in [3.63, 3.8) is 0 Å². The highest BCUT2D eigenvalue weighted by molar-refractivity contribution is 7.99. The summed E-state index contributed by atoms with van der Waals surface area (Å²) < 4.78 is 6.83. The maximum atomic E-state index is 12.2. The Balaban J connectivity index is 1.73. The zero-order chi connectivity index (χ0) is 16.4. The number of aryl methyl sites for hydroxylation is 1. The Morgan fingerprint density at radius 1 is 1.35 bits per heavy atom. The van der Waals surface area contributed by atoms with Crippen molar-refractivity contribution in [2.24, 2.45) is 7.05 Å². The first-order chi connectivity index (χ1) is 11.1. The smallest absolute Gasteiger partial charge is 0.191 e. The van der Waals surface area contributed by atoms with Crippen LogP contribution < -0.4 is 0 Å². The van der Waals surface area contributed by atoms with Crippen molar-refractivity contribution in [3.05, 3.63) is 46.7 Å². The van der Waals surface area contributed by atoms with Crippen molar-refractivity contribution in [1.29, 1.82) is 0 Å². The Morgan fingerprint density at radius 2 is 2.13 bits per heavy atom. The molecule has 0 N–H and O–H groups in total. The van der Waals surface area contributed by atoms with Gasteiger partial charge in [0, 0.05) is 18.7 Å². The molecule has 118 valence electrons. The Bertz CT molecular complexity index is 859. The minimum atomic E-state index is -0.0533. The summed E-state index contributed by atoms with van der Waals surface area (Å²) in [6.07, 6.45) is 0. The molecule has 1 aromatic carbocycles. The van der Waals surface area contributed by atoms with Gasteiger partial charge in [-0.3, -0.25) is 4.79 Å². The molecule has 0 aliphatic rings. The van der Waals surface area contributed by atoms with Crippen LogP contribution in [0.25, 0.3) is 11.5 Å². The average molecular weight is 349 g/mol. The average Bonchev–Trinajstić information content (AvgIpc) is 3.11. The normalized spacial score (nSPS) is 10.9. The van der Waals surface area contributed by atoms with E-state index in [0.29, 0.717) is 33.0 Å². The monoisotopic (exact) mass is 348 g/mol. The molecule has 0 aliphatic carbocycles. The number of hydrogen-bond acceptors (Lipinski definition) is 6. The standard InChI is InChI=1S/C15H13ClN4O2S/c1-9-7-12(19-22-9)14-17-18-15(20(14)2)23-8-13(21)10-5-3-4-6-11(10)16/h3-7H,8H2,1-2H3. The molecule has 2 aromatic heterocycles. The number of benzene rings is 1. The topological polar surface area (TPSA) is 73.8 Å². The highest BCUT2D eigenvalue weighted by Crippen LogP contribution is 2.24. The van der Waals surface area contributed by atoms with E-state index in [1.54, 1.807) is 34.9 Å². The minimum Gasteiger partial charge on any atom is -0.361 e. The number of carbonyl (C=O) groups excluding carboxylic acids is 1. The molecule has 6 nitrogen and oxygen atoms in total. The number of ketones is 1. The summed E-state index contributed by atoms with van der Waals surface area (Å²) in [5.74, 6) is 1.47. The summed E-state index contributed by atoms with van der Waals surface area (Å²) in [5, 5.41) is 13.2. The molecule has 0 amide bonds. The molecular weight excluding hydrogens is 336 g/mol. The van der Waals surface area contributed by atoms with Gasteiger partial charge >= 0.3 is 0 Å². The molecule has 3 aromatic rings. The first kappa shape index (κ1) is 15.8. The van der Waals surface area contributed by atoms with Gasteiger partial charge in [-0.25, -0.2) is 0 Å². The summed E-state index contributed by atoms with van der Waals surface area (Å²) in [5.41, 5.74) is 1.12. The molecule has 2 heterocycles. The summed E-state index contributed by atoms with van der Waals surface area (Å²) in [6, 6.07) is 8.78. The van der Waals surface area contributed by atoms with E-state index in [9.17, 15) is 4.79 Å². The fourth-order valence-electron chi connectivity index (χ4n) is 2.03. The van der Waals surface area contributed by atoms with E-state index in [0.717, 1.165) is 0 Å². The molecule has 0 unspecified atom stereocenters. The molecule has 23 heavy (non-hydrogen) atoms. The van der Waals surface area contributed by atoms with Gasteiger partial charge in [-0.2, -0.15) is 0 Å². The van der Waals surface area contributed by atoms with Crippen molar-refractivity contribution < 1.29 is 9.32 Å². The molecule has 0 bridgehead atoms. The zero-order valence-corrected chi connectivity index (χ0v) is 14.1. The summed E-state index contributed by atoms with van der Waals surface area (Å²) >= 11 is 7.34. The zero-order valence-electron chi connectivity index (χ0n) is 12.5. The molecule has 8 heteroatoms. The first-order valence-corrected chi connectivity index (χ1v) is 8.16. The van der Waals surface area contributed by atoms with Crippen LogP contribution in [0, 0.1) is 6.92 Å². The molecule has 0 spiro atoms. The second-order valence-corrected chi connectivity index (χ2v) is 6.23. The van der Waals surface area contributed by atoms with E-state index < -0.39 is 0 Å². The van der Waals surface area contributed by atoms with Crippen molar-refractivity contribution >= 4 is 29.1 Å². The van der Waals surface area contributed by atoms with Gasteiger partial charge in [0.2, 0.25) is 0 Å². The summed E-state index contributed by atoms with van der Waals surface area (Å²) in [4.78, 5) is 12.2. The second-order valence-electron chi connectivity index (χ2n) is 4.88. The van der Waals surface area contributed by atoms with Crippen LogP contribution in [-0.4, -0.2) is 31.5 Å². The Hall–Kier alpha value is -2.12. The third kappa shape index (κ3) is 3.30. The van der Waals surface area contributed by atoms with Gasteiger partial charge in [0.05, 0.1) is 10.8 Å². The first-order valence-electron chi connectivity index (χ1n) is 6.80. The maximum Gasteiger partial charge on any atom is 0.191 e. The van der Waals surface area contributed by atoms with E-state index >= 15 is 0 Å². The minimum absolute atomic E-state index is 0.0533. The van der Waals surface area contributed by atoms with Crippen LogP contribution in [0.3, 0.4) is 0 Å². The predicted molar refractivity (Wildman–Crippen MR) is 87.7 cm³/mol. The highest BCUT2D eigenvalue weighted by atomic mass is 35.5. The molecule has 0 atom stereocenters. The molecule has 0 fully saturated rings. The van der Waals surface area contributed by atoms with Crippen LogP contribution in [0.4, 0.5) is 0 Å². The van der Waals surface area contributed by atoms with Crippen molar-refractivity contribution in [2.45, 2.75) is 12.1 Å². The lowest BCUT2D eigenvalue weighted by molar-refractivity contribution is 0.102.